The van der Waals surface area contributed by atoms with E-state index in [0.29, 0.717) is 0 Å². The quantitative estimate of drug-likeness (QED) is 0.620. The molecule has 0 aliphatic heterocycles. The zero-order valence-electron chi connectivity index (χ0n) is 9.30. The summed E-state index contributed by atoms with van der Waals surface area (Å²) < 4.78 is 0. The highest BCUT2D eigenvalue weighted by molar-refractivity contribution is 8.12. The summed E-state index contributed by atoms with van der Waals surface area (Å²) in [7, 11) is 2.24. The molecule has 0 nitrogen and oxygen atoms in total. The third kappa shape index (κ3) is 3.79. The molecule has 0 aromatic carbocycles. The summed E-state index contributed by atoms with van der Waals surface area (Å²) in [5.74, 6) is 0. The van der Waals surface area contributed by atoms with Gasteiger partial charge in [-0.3, -0.25) is 0 Å². The Morgan fingerprint density at radius 3 is 1.93 bits per heavy atom. The molecule has 2 fully saturated rings. The molecule has 0 aromatic heterocycles. The first-order valence-corrected chi connectivity index (χ1v) is 10.1. The van der Waals surface area contributed by atoms with Crippen LogP contribution < -0.4 is 0 Å². The van der Waals surface area contributed by atoms with Gasteiger partial charge >= 0.3 is 0 Å². The lowest BCUT2D eigenvalue weighted by atomic mass is 10.0. The summed E-state index contributed by atoms with van der Waals surface area (Å²) in [6.45, 7) is 0. The SMILES string of the molecule is C1CCC(P[PH2+]C2CCCCC2)CC1. The summed E-state index contributed by atoms with van der Waals surface area (Å²) >= 11 is 0. The van der Waals surface area contributed by atoms with Crippen LogP contribution in [-0.2, 0) is 0 Å². The van der Waals surface area contributed by atoms with Gasteiger partial charge < -0.3 is 0 Å². The normalized spacial score (nSPS) is 28.3. The molecule has 0 saturated heterocycles. The maximum Gasteiger partial charge on any atom is 0.0672 e. The first-order valence-electron chi connectivity index (χ1n) is 6.54. The Morgan fingerprint density at radius 1 is 0.714 bits per heavy atom. The largest absolute Gasteiger partial charge is 0.0672 e. The maximum absolute atomic E-state index is 1.59. The van der Waals surface area contributed by atoms with Gasteiger partial charge in [0.1, 0.15) is 0 Å². The molecule has 2 aliphatic carbocycles. The molecule has 2 rings (SSSR count). The third-order valence-electron chi connectivity index (χ3n) is 3.82. The van der Waals surface area contributed by atoms with Crippen LogP contribution >= 0.6 is 16.5 Å². The van der Waals surface area contributed by atoms with E-state index in [1.807, 2.05) is 0 Å². The van der Waals surface area contributed by atoms with Gasteiger partial charge in [-0.15, -0.1) is 0 Å². The molecule has 0 heterocycles. The Bertz CT molecular complexity index is 128. The molecule has 2 atom stereocenters. The zero-order chi connectivity index (χ0) is 9.64. The third-order valence-corrected chi connectivity index (χ3v) is 9.61. The van der Waals surface area contributed by atoms with Crippen molar-refractivity contribution in [1.82, 2.24) is 0 Å². The second-order valence-corrected chi connectivity index (χ2v) is 9.49. The van der Waals surface area contributed by atoms with Crippen LogP contribution in [0.2, 0.25) is 0 Å². The van der Waals surface area contributed by atoms with Crippen LogP contribution in [0, 0.1) is 0 Å². The van der Waals surface area contributed by atoms with Crippen LogP contribution in [0.15, 0.2) is 0 Å². The monoisotopic (exact) mass is 231 g/mol. The Balaban J connectivity index is 1.60. The van der Waals surface area contributed by atoms with Gasteiger partial charge in [-0.05, 0) is 38.5 Å². The van der Waals surface area contributed by atoms with E-state index >= 15 is 0 Å². The molecule has 2 heteroatoms. The maximum atomic E-state index is 1.59. The fourth-order valence-corrected chi connectivity index (χ4v) is 8.57. The minimum atomic E-state index is 0.844. The van der Waals surface area contributed by atoms with Gasteiger partial charge in [0.25, 0.3) is 0 Å². The van der Waals surface area contributed by atoms with Crippen molar-refractivity contribution in [3.05, 3.63) is 0 Å². The standard InChI is InChI=1S/C12H24P2/c1-3-7-11(8-4-1)13-14-12-9-5-2-6-10-12/h11-14H,1-10H2/p+1. The first kappa shape index (κ1) is 11.3. The van der Waals surface area contributed by atoms with E-state index in [4.69, 9.17) is 0 Å². The average molecular weight is 231 g/mol. The Labute approximate surface area is 92.5 Å². The smallest absolute Gasteiger partial charge is 0.0533 e. The van der Waals surface area contributed by atoms with Gasteiger partial charge in [-0.2, -0.15) is 0 Å². The molecular formula is C12H25P2+. The lowest BCUT2D eigenvalue weighted by molar-refractivity contribution is 0.511. The van der Waals surface area contributed by atoms with Crippen LogP contribution in [0.1, 0.15) is 64.2 Å². The molecule has 0 amide bonds. The summed E-state index contributed by atoms with van der Waals surface area (Å²) in [6.07, 6.45) is 15.6. The summed E-state index contributed by atoms with van der Waals surface area (Å²) in [5, 5.41) is 0. The highest BCUT2D eigenvalue weighted by Crippen LogP contribution is 2.52. The van der Waals surface area contributed by atoms with E-state index in [1.165, 1.54) is 32.4 Å². The van der Waals surface area contributed by atoms with Gasteiger partial charge in [0.2, 0.25) is 0 Å². The Morgan fingerprint density at radius 2 is 1.29 bits per heavy atom. The predicted molar refractivity (Wildman–Crippen MR) is 71.8 cm³/mol. The van der Waals surface area contributed by atoms with Crippen molar-refractivity contribution < 1.29 is 0 Å². The number of hydrogen-bond donors (Lipinski definition) is 0. The topological polar surface area (TPSA) is 0 Å². The van der Waals surface area contributed by atoms with Gasteiger partial charge in [-0.1, -0.05) is 25.7 Å². The molecule has 0 spiro atoms. The number of rotatable bonds is 3. The molecular weight excluding hydrogens is 206 g/mol. The van der Waals surface area contributed by atoms with E-state index < -0.39 is 0 Å². The van der Waals surface area contributed by atoms with Gasteiger partial charge in [0.05, 0.1) is 5.66 Å². The lowest BCUT2D eigenvalue weighted by Crippen LogP contribution is -2.08. The molecule has 14 heavy (non-hydrogen) atoms. The first-order chi connectivity index (χ1) is 6.95. The second-order valence-electron chi connectivity index (χ2n) is 5.07. The fraction of sp³-hybridized carbons (Fsp3) is 1.00. The van der Waals surface area contributed by atoms with Crippen molar-refractivity contribution in [3.8, 4) is 0 Å². The Kier molecular flexibility index (Phi) is 5.22. The van der Waals surface area contributed by atoms with E-state index in [2.05, 4.69) is 0 Å². The zero-order valence-corrected chi connectivity index (χ0v) is 11.5. The molecule has 82 valence electrons. The van der Waals surface area contributed by atoms with Gasteiger partial charge in [0.15, 0.2) is 0 Å². The van der Waals surface area contributed by atoms with Crippen molar-refractivity contribution in [1.29, 1.82) is 0 Å². The second kappa shape index (κ2) is 6.44. The van der Waals surface area contributed by atoms with Crippen molar-refractivity contribution >= 4 is 16.5 Å². The fourth-order valence-electron chi connectivity index (χ4n) is 2.84. The van der Waals surface area contributed by atoms with E-state index in [-0.39, 0.29) is 0 Å². The molecule has 2 unspecified atom stereocenters. The van der Waals surface area contributed by atoms with E-state index in [1.54, 1.807) is 51.4 Å². The minimum absolute atomic E-state index is 0.844. The predicted octanol–water partition coefficient (Wildman–Crippen LogP) is 4.66. The summed E-state index contributed by atoms with van der Waals surface area (Å²) in [4.78, 5) is 0. The number of hydrogen-bond acceptors (Lipinski definition) is 0. The van der Waals surface area contributed by atoms with Crippen LogP contribution in [0.4, 0.5) is 0 Å². The van der Waals surface area contributed by atoms with Crippen molar-refractivity contribution in [3.63, 3.8) is 0 Å². The summed E-state index contributed by atoms with van der Waals surface area (Å²) in [6, 6.07) is 0. The van der Waals surface area contributed by atoms with Gasteiger partial charge in [0, 0.05) is 22.2 Å². The van der Waals surface area contributed by atoms with Crippen LogP contribution in [-0.4, -0.2) is 11.3 Å². The molecule has 0 aromatic rings. The van der Waals surface area contributed by atoms with Crippen LogP contribution in [0.3, 0.4) is 0 Å². The highest BCUT2D eigenvalue weighted by atomic mass is 32.0. The molecule has 0 N–H and O–H groups in total. The van der Waals surface area contributed by atoms with Crippen molar-refractivity contribution in [2.75, 3.05) is 0 Å². The lowest BCUT2D eigenvalue weighted by Gasteiger charge is -2.22. The molecule has 2 saturated carbocycles. The molecule has 0 bridgehead atoms. The highest BCUT2D eigenvalue weighted by Gasteiger charge is 2.22. The Hall–Kier alpha value is 0.860. The van der Waals surface area contributed by atoms with Crippen LogP contribution in [0.5, 0.6) is 0 Å². The average Bonchev–Trinajstić information content (AvgIpc) is 2.29. The van der Waals surface area contributed by atoms with Crippen molar-refractivity contribution in [2.45, 2.75) is 75.5 Å². The van der Waals surface area contributed by atoms with E-state index in [0.717, 1.165) is 8.27 Å². The molecule has 2 aliphatic rings. The molecule has 0 radical (unpaired) electrons. The summed E-state index contributed by atoms with van der Waals surface area (Å²) in [5.41, 5.74) is 2.39. The van der Waals surface area contributed by atoms with Gasteiger partial charge in [-0.25, -0.2) is 0 Å². The van der Waals surface area contributed by atoms with E-state index in [9.17, 15) is 0 Å². The van der Waals surface area contributed by atoms with Crippen molar-refractivity contribution in [2.24, 2.45) is 0 Å². The minimum Gasteiger partial charge on any atom is -0.0533 e. The van der Waals surface area contributed by atoms with Crippen LogP contribution in [0.25, 0.3) is 0 Å².